The standard InChI is InChI=1S/C15H16N2O3S/c1-2-5-11-6-3-4-7-12(11)17-9-8-13(18)16-15(17)21-10-14(19)20/h3-4,6-9H,2,5,10H2,1H3,(H,19,20). The highest BCUT2D eigenvalue weighted by atomic mass is 32.2. The van der Waals surface area contributed by atoms with Gasteiger partial charge < -0.3 is 5.11 Å². The lowest BCUT2D eigenvalue weighted by Gasteiger charge is -2.14. The summed E-state index contributed by atoms with van der Waals surface area (Å²) in [6.45, 7) is 2.10. The molecule has 2 aromatic rings. The van der Waals surface area contributed by atoms with Crippen LogP contribution >= 0.6 is 11.8 Å². The van der Waals surface area contributed by atoms with Gasteiger partial charge in [-0.25, -0.2) is 0 Å². The summed E-state index contributed by atoms with van der Waals surface area (Å²) >= 11 is 1.04. The minimum Gasteiger partial charge on any atom is -0.481 e. The fourth-order valence-corrected chi connectivity index (χ4v) is 2.73. The van der Waals surface area contributed by atoms with Gasteiger partial charge in [0.1, 0.15) is 0 Å². The van der Waals surface area contributed by atoms with E-state index in [0.29, 0.717) is 5.16 Å². The molecule has 0 atom stereocenters. The summed E-state index contributed by atoms with van der Waals surface area (Å²) in [6, 6.07) is 9.24. The summed E-state index contributed by atoms with van der Waals surface area (Å²) in [5.74, 6) is -1.07. The number of thioether (sulfide) groups is 1. The van der Waals surface area contributed by atoms with Crippen LogP contribution in [0.4, 0.5) is 0 Å². The van der Waals surface area contributed by atoms with Crippen molar-refractivity contribution in [3.05, 3.63) is 52.4 Å². The lowest BCUT2D eigenvalue weighted by molar-refractivity contribution is -0.133. The Kier molecular flexibility index (Phi) is 5.16. The van der Waals surface area contributed by atoms with Gasteiger partial charge in [-0.15, -0.1) is 0 Å². The molecule has 0 spiro atoms. The Morgan fingerprint density at radius 1 is 1.33 bits per heavy atom. The van der Waals surface area contributed by atoms with Crippen molar-refractivity contribution in [1.29, 1.82) is 0 Å². The van der Waals surface area contributed by atoms with Crippen LogP contribution in [0.15, 0.2) is 46.5 Å². The maximum absolute atomic E-state index is 11.4. The summed E-state index contributed by atoms with van der Waals surface area (Å²) in [7, 11) is 0. The van der Waals surface area contributed by atoms with Gasteiger partial charge in [-0.1, -0.05) is 43.3 Å². The second kappa shape index (κ2) is 7.08. The average Bonchev–Trinajstić information content (AvgIpc) is 2.46. The molecule has 0 aliphatic rings. The Hall–Kier alpha value is -2.08. The summed E-state index contributed by atoms with van der Waals surface area (Å²) in [4.78, 5) is 26.1. The van der Waals surface area contributed by atoms with E-state index in [1.807, 2.05) is 24.3 Å². The number of benzene rings is 1. The van der Waals surface area contributed by atoms with Crippen molar-refractivity contribution in [2.75, 3.05) is 5.75 Å². The Balaban J connectivity index is 2.48. The molecule has 0 aliphatic carbocycles. The molecule has 1 N–H and O–H groups in total. The van der Waals surface area contributed by atoms with Crippen LogP contribution < -0.4 is 5.56 Å². The first kappa shape index (κ1) is 15.3. The zero-order valence-electron chi connectivity index (χ0n) is 11.7. The molecule has 0 radical (unpaired) electrons. The molecule has 1 heterocycles. The number of carboxylic acid groups (broad SMARTS) is 1. The molecule has 1 aromatic carbocycles. The lowest BCUT2D eigenvalue weighted by atomic mass is 10.1. The Bertz CT molecular complexity index is 697. The number of aliphatic carboxylic acids is 1. The van der Waals surface area contributed by atoms with Gasteiger partial charge in [-0.05, 0) is 18.1 Å². The highest BCUT2D eigenvalue weighted by molar-refractivity contribution is 7.99. The Morgan fingerprint density at radius 2 is 2.10 bits per heavy atom. The summed E-state index contributed by atoms with van der Waals surface area (Å²) in [6.07, 6.45) is 3.56. The first-order valence-corrected chi connectivity index (χ1v) is 7.63. The number of aromatic nitrogens is 2. The lowest BCUT2D eigenvalue weighted by Crippen LogP contribution is -2.14. The average molecular weight is 304 g/mol. The van der Waals surface area contributed by atoms with E-state index in [4.69, 9.17) is 5.11 Å². The highest BCUT2D eigenvalue weighted by Crippen LogP contribution is 2.22. The molecule has 6 heteroatoms. The van der Waals surface area contributed by atoms with E-state index in [0.717, 1.165) is 35.9 Å². The summed E-state index contributed by atoms with van der Waals surface area (Å²) < 4.78 is 1.78. The van der Waals surface area contributed by atoms with Crippen molar-refractivity contribution in [2.45, 2.75) is 24.9 Å². The maximum atomic E-state index is 11.4. The first-order chi connectivity index (χ1) is 10.1. The molecule has 0 unspecified atom stereocenters. The van der Waals surface area contributed by atoms with Crippen molar-refractivity contribution in [3.8, 4) is 5.69 Å². The van der Waals surface area contributed by atoms with Gasteiger partial charge in [0.25, 0.3) is 5.56 Å². The van der Waals surface area contributed by atoms with Gasteiger partial charge >= 0.3 is 5.97 Å². The predicted molar refractivity (Wildman–Crippen MR) is 82.2 cm³/mol. The molecule has 5 nitrogen and oxygen atoms in total. The van der Waals surface area contributed by atoms with Crippen molar-refractivity contribution in [2.24, 2.45) is 0 Å². The van der Waals surface area contributed by atoms with E-state index in [1.54, 1.807) is 10.8 Å². The van der Waals surface area contributed by atoms with Crippen LogP contribution in [-0.2, 0) is 11.2 Å². The van der Waals surface area contributed by atoms with Gasteiger partial charge in [0.15, 0.2) is 5.16 Å². The molecular formula is C15H16N2O3S. The molecule has 2 rings (SSSR count). The third-order valence-electron chi connectivity index (χ3n) is 2.87. The SMILES string of the molecule is CCCc1ccccc1-n1ccc(=O)nc1SCC(=O)O. The van der Waals surface area contributed by atoms with Gasteiger partial charge in [-0.3, -0.25) is 14.2 Å². The molecule has 110 valence electrons. The van der Waals surface area contributed by atoms with Crippen LogP contribution in [0.5, 0.6) is 0 Å². The van der Waals surface area contributed by atoms with E-state index in [9.17, 15) is 9.59 Å². The summed E-state index contributed by atoms with van der Waals surface area (Å²) in [5, 5.41) is 9.21. The van der Waals surface area contributed by atoms with E-state index >= 15 is 0 Å². The number of hydrogen-bond donors (Lipinski definition) is 1. The summed E-state index contributed by atoms with van der Waals surface area (Å²) in [5.41, 5.74) is 1.70. The molecule has 0 bridgehead atoms. The van der Waals surface area contributed by atoms with E-state index < -0.39 is 5.97 Å². The minimum absolute atomic E-state index is 0.133. The third-order valence-corrected chi connectivity index (χ3v) is 3.81. The van der Waals surface area contributed by atoms with Crippen LogP contribution in [0.1, 0.15) is 18.9 Å². The fourth-order valence-electron chi connectivity index (χ4n) is 2.03. The fraction of sp³-hybridized carbons (Fsp3) is 0.267. The second-order valence-corrected chi connectivity index (χ2v) is 5.42. The number of rotatable bonds is 6. The Morgan fingerprint density at radius 3 is 2.81 bits per heavy atom. The zero-order chi connectivity index (χ0) is 15.2. The molecule has 21 heavy (non-hydrogen) atoms. The van der Waals surface area contributed by atoms with Crippen molar-refractivity contribution in [1.82, 2.24) is 9.55 Å². The molecule has 0 saturated heterocycles. The normalized spacial score (nSPS) is 10.5. The highest BCUT2D eigenvalue weighted by Gasteiger charge is 2.10. The quantitative estimate of drug-likeness (QED) is 0.655. The number of aryl methyl sites for hydroxylation is 1. The monoisotopic (exact) mass is 304 g/mol. The van der Waals surface area contributed by atoms with E-state index in [1.165, 1.54) is 6.07 Å². The maximum Gasteiger partial charge on any atom is 0.313 e. The second-order valence-electron chi connectivity index (χ2n) is 4.48. The molecule has 0 aliphatic heterocycles. The van der Waals surface area contributed by atoms with Crippen molar-refractivity contribution in [3.63, 3.8) is 0 Å². The number of carboxylic acids is 1. The van der Waals surface area contributed by atoms with Crippen LogP contribution in [-0.4, -0.2) is 26.4 Å². The molecule has 0 saturated carbocycles. The van der Waals surface area contributed by atoms with Gasteiger partial charge in [0.2, 0.25) is 0 Å². The van der Waals surface area contributed by atoms with Gasteiger partial charge in [-0.2, -0.15) is 4.98 Å². The van der Waals surface area contributed by atoms with E-state index in [2.05, 4.69) is 11.9 Å². The zero-order valence-corrected chi connectivity index (χ0v) is 12.5. The molecular weight excluding hydrogens is 288 g/mol. The Labute approximate surface area is 126 Å². The number of carbonyl (C=O) groups is 1. The van der Waals surface area contributed by atoms with E-state index in [-0.39, 0.29) is 11.3 Å². The third kappa shape index (κ3) is 3.95. The van der Waals surface area contributed by atoms with Crippen LogP contribution in [0.25, 0.3) is 5.69 Å². The van der Waals surface area contributed by atoms with Gasteiger partial charge in [0.05, 0.1) is 11.4 Å². The molecule has 0 fully saturated rings. The van der Waals surface area contributed by atoms with Crippen LogP contribution in [0.3, 0.4) is 0 Å². The van der Waals surface area contributed by atoms with Crippen LogP contribution in [0.2, 0.25) is 0 Å². The molecule has 1 aromatic heterocycles. The number of nitrogens with zero attached hydrogens (tertiary/aromatic N) is 2. The first-order valence-electron chi connectivity index (χ1n) is 6.64. The topological polar surface area (TPSA) is 72.2 Å². The smallest absolute Gasteiger partial charge is 0.313 e. The van der Waals surface area contributed by atoms with Crippen molar-refractivity contribution >= 4 is 17.7 Å². The van der Waals surface area contributed by atoms with Gasteiger partial charge in [0, 0.05) is 12.3 Å². The minimum atomic E-state index is -0.938. The largest absolute Gasteiger partial charge is 0.481 e. The predicted octanol–water partition coefficient (Wildman–Crippen LogP) is 2.36. The van der Waals surface area contributed by atoms with Crippen molar-refractivity contribution < 1.29 is 9.90 Å². The number of para-hydroxylation sites is 1. The number of hydrogen-bond acceptors (Lipinski definition) is 4. The molecule has 0 amide bonds. The van der Waals surface area contributed by atoms with Crippen LogP contribution in [0, 0.1) is 0 Å².